The standard InChI is InChI=1S/C27H31ClFN5O2/c1-3-4-9-33-18-6-7-19(33)12-20(11-18)36-25-10-17(29)5-8-21(25)27(35)32-13-22-24(15-32)31-34-14-23(28)16(2)30-26(22)34/h5,8,10,14,18-20H,3-4,6-7,9,11-13,15H2,1-2H3/t18-,19+,20+. The fourth-order valence-corrected chi connectivity index (χ4v) is 6.27. The third kappa shape index (κ3) is 4.14. The van der Waals surface area contributed by atoms with Gasteiger partial charge in [-0.2, -0.15) is 5.10 Å². The number of aryl methyl sites for hydroxylation is 1. The predicted octanol–water partition coefficient (Wildman–Crippen LogP) is 5.16. The largest absolute Gasteiger partial charge is 0.489 e. The number of carbonyl (C=O) groups excluding carboxylic acids is 1. The van der Waals surface area contributed by atoms with Crippen molar-refractivity contribution >= 4 is 23.2 Å². The first-order valence-electron chi connectivity index (χ1n) is 13.0. The summed E-state index contributed by atoms with van der Waals surface area (Å²) in [5.41, 5.74) is 3.55. The molecule has 36 heavy (non-hydrogen) atoms. The van der Waals surface area contributed by atoms with Crippen LogP contribution in [0.3, 0.4) is 0 Å². The maximum atomic E-state index is 14.3. The van der Waals surface area contributed by atoms with Crippen LogP contribution in [-0.2, 0) is 13.1 Å². The van der Waals surface area contributed by atoms with Gasteiger partial charge in [-0.25, -0.2) is 13.9 Å². The Morgan fingerprint density at radius 3 is 2.75 bits per heavy atom. The van der Waals surface area contributed by atoms with Crippen LogP contribution >= 0.6 is 11.6 Å². The van der Waals surface area contributed by atoms with Crippen LogP contribution in [0.5, 0.6) is 5.75 Å². The summed E-state index contributed by atoms with van der Waals surface area (Å²) in [5, 5.41) is 5.13. The SMILES string of the molecule is CCCCN1[C@@H]2CC[C@H]1C[C@@H](Oc1cc(F)ccc1C(=O)N1Cc3nn4cc(Cl)c(C)nc4c3C1)C2. The zero-order valence-electron chi connectivity index (χ0n) is 20.7. The number of aromatic nitrogens is 3. The first kappa shape index (κ1) is 23.7. The van der Waals surface area contributed by atoms with Crippen LogP contribution in [0.1, 0.15) is 72.8 Å². The Morgan fingerprint density at radius 2 is 2.00 bits per heavy atom. The number of hydrogen-bond acceptors (Lipinski definition) is 5. The zero-order valence-corrected chi connectivity index (χ0v) is 21.5. The Balaban J connectivity index is 1.20. The monoisotopic (exact) mass is 511 g/mol. The third-order valence-corrected chi connectivity index (χ3v) is 8.35. The minimum Gasteiger partial charge on any atom is -0.489 e. The fourth-order valence-electron chi connectivity index (χ4n) is 6.13. The molecule has 1 aromatic carbocycles. The third-order valence-electron chi connectivity index (χ3n) is 7.97. The summed E-state index contributed by atoms with van der Waals surface area (Å²) in [6, 6.07) is 5.27. The van der Waals surface area contributed by atoms with E-state index in [1.807, 2.05) is 6.92 Å². The Bertz CT molecular complexity index is 1310. The molecule has 3 aliphatic rings. The quantitative estimate of drug-likeness (QED) is 0.457. The summed E-state index contributed by atoms with van der Waals surface area (Å²) < 4.78 is 22.3. The van der Waals surface area contributed by atoms with Crippen molar-refractivity contribution in [3.8, 4) is 5.75 Å². The molecule has 2 bridgehead atoms. The molecule has 2 fully saturated rings. The van der Waals surface area contributed by atoms with Crippen molar-refractivity contribution in [2.45, 2.75) is 83.6 Å². The lowest BCUT2D eigenvalue weighted by Gasteiger charge is -2.39. The van der Waals surface area contributed by atoms with Crippen LogP contribution in [0.4, 0.5) is 4.39 Å². The predicted molar refractivity (Wildman–Crippen MR) is 135 cm³/mol. The number of unbranched alkanes of at least 4 members (excludes halogenated alkanes) is 1. The number of piperidine rings is 1. The minimum atomic E-state index is -0.399. The fraction of sp³-hybridized carbons (Fsp3) is 0.519. The maximum Gasteiger partial charge on any atom is 0.258 e. The minimum absolute atomic E-state index is 0.00867. The molecule has 0 N–H and O–H groups in total. The van der Waals surface area contributed by atoms with Crippen LogP contribution in [0, 0.1) is 12.7 Å². The van der Waals surface area contributed by atoms with E-state index in [-0.39, 0.29) is 12.0 Å². The molecule has 9 heteroatoms. The van der Waals surface area contributed by atoms with E-state index < -0.39 is 5.82 Å². The molecule has 0 spiro atoms. The van der Waals surface area contributed by atoms with E-state index >= 15 is 0 Å². The number of fused-ring (bicyclic) bond motifs is 5. The van der Waals surface area contributed by atoms with Crippen molar-refractivity contribution in [3.05, 3.63) is 57.8 Å². The van der Waals surface area contributed by atoms with Gasteiger partial charge in [0.2, 0.25) is 0 Å². The Morgan fingerprint density at radius 1 is 1.22 bits per heavy atom. The molecule has 0 saturated carbocycles. The topological polar surface area (TPSA) is 63.0 Å². The highest BCUT2D eigenvalue weighted by atomic mass is 35.5. The summed E-state index contributed by atoms with van der Waals surface area (Å²) in [7, 11) is 0. The van der Waals surface area contributed by atoms with Crippen molar-refractivity contribution in [1.29, 1.82) is 0 Å². The second-order valence-corrected chi connectivity index (χ2v) is 10.8. The highest BCUT2D eigenvalue weighted by Gasteiger charge is 2.41. The zero-order chi connectivity index (χ0) is 25.0. The van der Waals surface area contributed by atoms with Gasteiger partial charge in [-0.3, -0.25) is 9.69 Å². The smallest absolute Gasteiger partial charge is 0.258 e. The number of carbonyl (C=O) groups is 1. The van der Waals surface area contributed by atoms with Gasteiger partial charge in [0.25, 0.3) is 5.91 Å². The number of benzene rings is 1. The molecule has 0 unspecified atom stereocenters. The van der Waals surface area contributed by atoms with Crippen molar-refractivity contribution in [2.75, 3.05) is 6.54 Å². The van der Waals surface area contributed by atoms with Crippen molar-refractivity contribution in [1.82, 2.24) is 24.4 Å². The van der Waals surface area contributed by atoms with Crippen molar-refractivity contribution in [3.63, 3.8) is 0 Å². The molecular weight excluding hydrogens is 481 g/mol. The number of amides is 1. The lowest BCUT2D eigenvalue weighted by molar-refractivity contribution is 0.0471. The number of nitrogens with zero attached hydrogens (tertiary/aromatic N) is 5. The molecule has 7 nitrogen and oxygen atoms in total. The molecule has 190 valence electrons. The van der Waals surface area contributed by atoms with Crippen LogP contribution < -0.4 is 4.74 Å². The van der Waals surface area contributed by atoms with Gasteiger partial charge in [0.15, 0.2) is 5.65 Å². The molecule has 2 aromatic heterocycles. The summed E-state index contributed by atoms with van der Waals surface area (Å²) in [6.07, 6.45) is 8.37. The van der Waals surface area contributed by atoms with Gasteiger partial charge < -0.3 is 9.64 Å². The number of halogens is 2. The van der Waals surface area contributed by atoms with Gasteiger partial charge in [-0.1, -0.05) is 24.9 Å². The lowest BCUT2D eigenvalue weighted by atomic mass is 9.99. The van der Waals surface area contributed by atoms with E-state index in [0.29, 0.717) is 47.2 Å². The Labute approximate surface area is 215 Å². The summed E-state index contributed by atoms with van der Waals surface area (Å²) in [5.74, 6) is -0.245. The average Bonchev–Trinajstić information content (AvgIpc) is 3.47. The van der Waals surface area contributed by atoms with Crippen LogP contribution in [0.2, 0.25) is 5.02 Å². The van der Waals surface area contributed by atoms with Crippen LogP contribution in [0.25, 0.3) is 5.65 Å². The molecular formula is C27H31ClFN5O2. The Hall–Kier alpha value is -2.71. The van der Waals surface area contributed by atoms with E-state index in [2.05, 4.69) is 21.9 Å². The molecule has 3 aliphatic heterocycles. The van der Waals surface area contributed by atoms with Gasteiger partial charge in [-0.05, 0) is 57.7 Å². The number of rotatable bonds is 6. The number of ether oxygens (including phenoxy) is 1. The highest BCUT2D eigenvalue weighted by molar-refractivity contribution is 6.31. The first-order chi connectivity index (χ1) is 17.4. The molecule has 2 saturated heterocycles. The second kappa shape index (κ2) is 9.30. The van der Waals surface area contributed by atoms with Gasteiger partial charge in [-0.15, -0.1) is 0 Å². The lowest BCUT2D eigenvalue weighted by Crippen LogP contribution is -2.46. The van der Waals surface area contributed by atoms with E-state index in [0.717, 1.165) is 36.3 Å². The van der Waals surface area contributed by atoms with Gasteiger partial charge in [0, 0.05) is 23.7 Å². The molecule has 5 heterocycles. The molecule has 3 aromatic rings. The van der Waals surface area contributed by atoms with Gasteiger partial charge in [0.05, 0.1) is 41.3 Å². The normalized spacial score (nSPS) is 23.4. The second-order valence-electron chi connectivity index (χ2n) is 10.4. The van der Waals surface area contributed by atoms with Crippen molar-refractivity contribution in [2.24, 2.45) is 0 Å². The first-order valence-corrected chi connectivity index (χ1v) is 13.3. The molecule has 1 amide bonds. The maximum absolute atomic E-state index is 14.3. The summed E-state index contributed by atoms with van der Waals surface area (Å²) in [6.45, 7) is 5.97. The molecule has 3 atom stereocenters. The van der Waals surface area contributed by atoms with Crippen LogP contribution in [0.15, 0.2) is 24.4 Å². The van der Waals surface area contributed by atoms with Gasteiger partial charge in [0.1, 0.15) is 17.7 Å². The molecule has 6 rings (SSSR count). The van der Waals surface area contributed by atoms with E-state index in [4.69, 9.17) is 16.3 Å². The highest BCUT2D eigenvalue weighted by Crippen LogP contribution is 2.38. The van der Waals surface area contributed by atoms with Crippen molar-refractivity contribution < 1.29 is 13.9 Å². The van der Waals surface area contributed by atoms with Gasteiger partial charge >= 0.3 is 0 Å². The average molecular weight is 512 g/mol. The molecule has 0 aliphatic carbocycles. The van der Waals surface area contributed by atoms with Crippen LogP contribution in [-0.4, -0.2) is 55.0 Å². The summed E-state index contributed by atoms with van der Waals surface area (Å²) in [4.78, 5) is 22.5. The summed E-state index contributed by atoms with van der Waals surface area (Å²) >= 11 is 6.20. The van der Waals surface area contributed by atoms with E-state index in [1.54, 1.807) is 21.7 Å². The Kier molecular flexibility index (Phi) is 6.12. The van der Waals surface area contributed by atoms with E-state index in [9.17, 15) is 9.18 Å². The van der Waals surface area contributed by atoms with E-state index in [1.165, 1.54) is 37.8 Å². The molecule has 0 radical (unpaired) electrons. The number of hydrogen-bond donors (Lipinski definition) is 0.